The van der Waals surface area contributed by atoms with Gasteiger partial charge in [0.25, 0.3) is 0 Å². The molecule has 0 radical (unpaired) electrons. The normalized spacial score (nSPS) is 18.2. The van der Waals surface area contributed by atoms with Crippen LogP contribution in [0.1, 0.15) is 341 Å². The van der Waals surface area contributed by atoms with E-state index in [4.69, 9.17) is 14.2 Å². The standard InChI is InChI=1S/C75H137NO10/c1-3-5-7-9-11-13-14-15-16-17-30-34-37-40-43-47-51-55-59-63-71(80)84-64-60-56-52-48-44-41-38-35-32-29-27-25-23-21-19-18-20-22-24-26-28-31-33-36-39-42-46-50-54-58-62-70(79)76-67(68(78)61-57-53-49-45-12-10-8-6-4-2)66-85-75-74(83)73(82)72(81)69(65-77)86-75/h4,6,12,15-16,19,21,45,57,61,67-69,72-75,77-78,81-83H,3,5,7-11,13-14,17-18,20,22-44,46-56,58-60,62-66H2,1-2H3,(H,76,79)/b6-4+,16-15-,21-19-,45-12+,61-57+. The monoisotopic (exact) mass is 1210 g/mol. The number of unbranched alkanes of at least 4 members (excludes halogenated alkanes) is 43. The van der Waals surface area contributed by atoms with Gasteiger partial charge in [-0.25, -0.2) is 0 Å². The Morgan fingerprint density at radius 3 is 1.22 bits per heavy atom. The predicted octanol–water partition coefficient (Wildman–Crippen LogP) is 18.9. The van der Waals surface area contributed by atoms with E-state index in [1.165, 1.54) is 250 Å². The minimum absolute atomic E-state index is 0.00786. The van der Waals surface area contributed by atoms with Gasteiger partial charge in [-0.3, -0.25) is 9.59 Å². The smallest absolute Gasteiger partial charge is 0.305 e. The number of rotatable bonds is 64. The second kappa shape index (κ2) is 63.9. The van der Waals surface area contributed by atoms with Gasteiger partial charge in [0, 0.05) is 12.8 Å². The first-order chi connectivity index (χ1) is 42.2. The van der Waals surface area contributed by atoms with Gasteiger partial charge in [-0.1, -0.05) is 286 Å². The highest BCUT2D eigenvalue weighted by atomic mass is 16.7. The Hall–Kier alpha value is -2.64. The lowest BCUT2D eigenvalue weighted by molar-refractivity contribution is -0.302. The van der Waals surface area contributed by atoms with Gasteiger partial charge < -0.3 is 45.1 Å². The van der Waals surface area contributed by atoms with Crippen molar-refractivity contribution in [3.8, 4) is 0 Å². The van der Waals surface area contributed by atoms with Crippen molar-refractivity contribution in [2.75, 3.05) is 19.8 Å². The van der Waals surface area contributed by atoms with Crippen LogP contribution in [0.15, 0.2) is 60.8 Å². The van der Waals surface area contributed by atoms with E-state index in [1.54, 1.807) is 6.08 Å². The van der Waals surface area contributed by atoms with Crippen LogP contribution < -0.4 is 5.32 Å². The highest BCUT2D eigenvalue weighted by Gasteiger charge is 2.44. The first-order valence-corrected chi connectivity index (χ1v) is 36.5. The number of allylic oxidation sites excluding steroid dienone is 9. The fraction of sp³-hybridized carbons (Fsp3) is 0.840. The van der Waals surface area contributed by atoms with Crippen LogP contribution in [0.4, 0.5) is 0 Å². The molecular formula is C75H137NO10. The quantitative estimate of drug-likeness (QED) is 0.0195. The Balaban J connectivity index is 1.89. The summed E-state index contributed by atoms with van der Waals surface area (Å²) in [6, 6.07) is -0.833. The van der Waals surface area contributed by atoms with E-state index < -0.39 is 49.5 Å². The largest absolute Gasteiger partial charge is 0.466 e. The van der Waals surface area contributed by atoms with Gasteiger partial charge in [-0.2, -0.15) is 0 Å². The molecule has 1 fully saturated rings. The molecule has 0 aromatic heterocycles. The van der Waals surface area contributed by atoms with E-state index in [2.05, 4.69) is 54.8 Å². The van der Waals surface area contributed by atoms with Crippen LogP contribution in [0.5, 0.6) is 0 Å². The van der Waals surface area contributed by atoms with Gasteiger partial charge in [-0.15, -0.1) is 0 Å². The third-order valence-electron chi connectivity index (χ3n) is 17.1. The summed E-state index contributed by atoms with van der Waals surface area (Å²) in [7, 11) is 0. The number of hydrogen-bond acceptors (Lipinski definition) is 10. The van der Waals surface area contributed by atoms with Crippen LogP contribution >= 0.6 is 0 Å². The summed E-state index contributed by atoms with van der Waals surface area (Å²) in [6.45, 7) is 4.11. The molecular weight excluding hydrogens is 1070 g/mol. The van der Waals surface area contributed by atoms with Crippen molar-refractivity contribution in [3.05, 3.63) is 60.8 Å². The number of amides is 1. The fourth-order valence-corrected chi connectivity index (χ4v) is 11.4. The maximum absolute atomic E-state index is 13.0. The predicted molar refractivity (Wildman–Crippen MR) is 361 cm³/mol. The van der Waals surface area contributed by atoms with Crippen molar-refractivity contribution in [1.29, 1.82) is 0 Å². The van der Waals surface area contributed by atoms with Gasteiger partial charge in [0.1, 0.15) is 24.4 Å². The zero-order valence-corrected chi connectivity index (χ0v) is 55.8. The molecule has 0 aromatic carbocycles. The van der Waals surface area contributed by atoms with Crippen molar-refractivity contribution in [2.45, 2.75) is 384 Å². The molecule has 0 bridgehead atoms. The molecule has 11 nitrogen and oxygen atoms in total. The Morgan fingerprint density at radius 1 is 0.442 bits per heavy atom. The SMILES string of the molecule is C/C=C/CC/C=C/CC/C=C/C(O)C(COC1OC(CO)C(O)C(O)C1O)NC(=O)CCCCCCCCCCCCCCCC/C=C\CCCCCCCCCCCCCCOC(=O)CCCCCCCCCCC/C=C\CCCCCCCC. The van der Waals surface area contributed by atoms with Crippen molar-refractivity contribution < 1.29 is 49.3 Å². The van der Waals surface area contributed by atoms with E-state index >= 15 is 0 Å². The maximum Gasteiger partial charge on any atom is 0.305 e. The van der Waals surface area contributed by atoms with E-state index in [1.807, 2.05) is 19.1 Å². The summed E-state index contributed by atoms with van der Waals surface area (Å²) in [5, 5.41) is 54.2. The lowest BCUT2D eigenvalue weighted by Crippen LogP contribution is -2.60. The minimum atomic E-state index is -1.58. The Bertz CT molecular complexity index is 1610. The summed E-state index contributed by atoms with van der Waals surface area (Å²) in [4.78, 5) is 25.1. The highest BCUT2D eigenvalue weighted by Crippen LogP contribution is 2.23. The van der Waals surface area contributed by atoms with Crippen molar-refractivity contribution >= 4 is 11.9 Å². The average Bonchev–Trinajstić information content (AvgIpc) is 3.48. The zero-order chi connectivity index (χ0) is 62.3. The van der Waals surface area contributed by atoms with Crippen molar-refractivity contribution in [2.24, 2.45) is 0 Å². The number of carbonyl (C=O) groups is 2. The molecule has 6 N–H and O–H groups in total. The summed E-state index contributed by atoms with van der Waals surface area (Å²) >= 11 is 0. The number of nitrogens with one attached hydrogen (secondary N) is 1. The van der Waals surface area contributed by atoms with Crippen LogP contribution in [0, 0.1) is 0 Å². The number of carbonyl (C=O) groups excluding carboxylic acids is 2. The molecule has 0 aliphatic carbocycles. The molecule has 0 saturated carbocycles. The summed E-state index contributed by atoms with van der Waals surface area (Å²) in [5.41, 5.74) is 0. The fourth-order valence-electron chi connectivity index (χ4n) is 11.4. The van der Waals surface area contributed by atoms with Crippen LogP contribution in [-0.4, -0.2) is 100 Å². The van der Waals surface area contributed by atoms with Crippen LogP contribution in [-0.2, 0) is 23.8 Å². The second-order valence-corrected chi connectivity index (χ2v) is 25.3. The Labute approximate surface area is 528 Å². The maximum atomic E-state index is 13.0. The Kier molecular flexibility index (Phi) is 60.5. The molecule has 1 heterocycles. The average molecular weight is 1210 g/mol. The number of ether oxygens (including phenoxy) is 3. The van der Waals surface area contributed by atoms with Gasteiger partial charge >= 0.3 is 5.97 Å². The van der Waals surface area contributed by atoms with E-state index in [-0.39, 0.29) is 18.5 Å². The molecule has 502 valence electrons. The van der Waals surface area contributed by atoms with Gasteiger partial charge in [-0.05, 0) is 103 Å². The Morgan fingerprint density at radius 2 is 0.802 bits per heavy atom. The van der Waals surface area contributed by atoms with Gasteiger partial charge in [0.05, 0.1) is 32.0 Å². The molecule has 1 aliphatic rings. The molecule has 1 amide bonds. The van der Waals surface area contributed by atoms with Crippen molar-refractivity contribution in [3.63, 3.8) is 0 Å². The summed E-state index contributed by atoms with van der Waals surface area (Å²) in [6.07, 6.45) is 75.5. The molecule has 0 spiro atoms. The third kappa shape index (κ3) is 52.2. The van der Waals surface area contributed by atoms with Crippen molar-refractivity contribution in [1.82, 2.24) is 5.32 Å². The lowest BCUT2D eigenvalue weighted by atomic mass is 9.99. The van der Waals surface area contributed by atoms with Gasteiger partial charge in [0.15, 0.2) is 6.29 Å². The first-order valence-electron chi connectivity index (χ1n) is 36.5. The van der Waals surface area contributed by atoms with Gasteiger partial charge in [0.2, 0.25) is 5.91 Å². The molecule has 7 atom stereocenters. The summed E-state index contributed by atoms with van der Waals surface area (Å²) < 4.78 is 16.7. The molecule has 1 saturated heterocycles. The first kappa shape index (κ1) is 81.4. The molecule has 1 aliphatic heterocycles. The zero-order valence-electron chi connectivity index (χ0n) is 55.8. The van der Waals surface area contributed by atoms with E-state index in [0.717, 1.165) is 64.2 Å². The number of hydrogen-bond donors (Lipinski definition) is 6. The highest BCUT2D eigenvalue weighted by molar-refractivity contribution is 5.76. The summed E-state index contributed by atoms with van der Waals surface area (Å²) in [5.74, 6) is -0.190. The lowest BCUT2D eigenvalue weighted by Gasteiger charge is -2.40. The number of aliphatic hydroxyl groups excluding tert-OH is 5. The molecule has 1 rings (SSSR count). The van der Waals surface area contributed by atoms with Crippen LogP contribution in [0.2, 0.25) is 0 Å². The van der Waals surface area contributed by atoms with Crippen LogP contribution in [0.25, 0.3) is 0 Å². The second-order valence-electron chi connectivity index (χ2n) is 25.3. The van der Waals surface area contributed by atoms with E-state index in [9.17, 15) is 35.1 Å². The topological polar surface area (TPSA) is 175 Å². The number of aliphatic hydroxyl groups is 5. The minimum Gasteiger partial charge on any atom is -0.466 e. The molecule has 86 heavy (non-hydrogen) atoms. The molecule has 11 heteroatoms. The number of esters is 1. The molecule has 7 unspecified atom stereocenters. The third-order valence-corrected chi connectivity index (χ3v) is 17.1. The van der Waals surface area contributed by atoms with Crippen LogP contribution in [0.3, 0.4) is 0 Å². The molecule has 0 aromatic rings. The van der Waals surface area contributed by atoms with E-state index in [0.29, 0.717) is 19.4 Å².